The molecule has 118 valence electrons. The second-order valence-electron chi connectivity index (χ2n) is 5.67. The van der Waals surface area contributed by atoms with Crippen molar-refractivity contribution < 1.29 is 9.47 Å². The molecule has 2 heterocycles. The quantitative estimate of drug-likeness (QED) is 0.868. The van der Waals surface area contributed by atoms with Gasteiger partial charge in [-0.15, -0.1) is 0 Å². The number of nitrogens with zero attached hydrogens (tertiary/aromatic N) is 2. The molecule has 0 spiro atoms. The third kappa shape index (κ3) is 3.86. The summed E-state index contributed by atoms with van der Waals surface area (Å²) in [5, 5.41) is 3.62. The second-order valence-corrected chi connectivity index (χ2v) is 5.67. The number of methoxy groups -OCH3 is 2. The Bertz CT molecular complexity index is 453. The minimum Gasteiger partial charge on any atom is -0.493 e. The Morgan fingerprint density at radius 3 is 2.90 bits per heavy atom. The predicted molar refractivity (Wildman–Crippen MR) is 83.9 cm³/mol. The van der Waals surface area contributed by atoms with Gasteiger partial charge in [-0.1, -0.05) is 20.3 Å². The molecule has 1 fully saturated rings. The summed E-state index contributed by atoms with van der Waals surface area (Å²) in [7, 11) is 3.33. The maximum Gasteiger partial charge on any atom is 0.183 e. The van der Waals surface area contributed by atoms with E-state index in [1.165, 1.54) is 6.42 Å². The summed E-state index contributed by atoms with van der Waals surface area (Å²) >= 11 is 0. The minimum absolute atomic E-state index is 0.556. The lowest BCUT2D eigenvalue weighted by Crippen LogP contribution is -2.52. The van der Waals surface area contributed by atoms with Crippen LogP contribution in [0.5, 0.6) is 11.5 Å². The normalized spacial score (nSPS) is 21.0. The summed E-state index contributed by atoms with van der Waals surface area (Å²) in [4.78, 5) is 6.92. The summed E-state index contributed by atoms with van der Waals surface area (Å²) < 4.78 is 10.8. The van der Waals surface area contributed by atoms with Crippen molar-refractivity contribution in [3.63, 3.8) is 0 Å². The van der Waals surface area contributed by atoms with E-state index in [9.17, 15) is 0 Å². The van der Waals surface area contributed by atoms with Gasteiger partial charge in [0.1, 0.15) is 5.69 Å². The van der Waals surface area contributed by atoms with Crippen molar-refractivity contribution >= 4 is 0 Å². The van der Waals surface area contributed by atoms with Gasteiger partial charge in [0.25, 0.3) is 0 Å². The topological polar surface area (TPSA) is 46.6 Å². The van der Waals surface area contributed by atoms with E-state index in [-0.39, 0.29) is 0 Å². The number of aromatic nitrogens is 1. The first-order chi connectivity index (χ1) is 10.2. The number of hydrogen-bond acceptors (Lipinski definition) is 5. The Morgan fingerprint density at radius 1 is 1.43 bits per heavy atom. The molecule has 2 rings (SSSR count). The first-order valence-corrected chi connectivity index (χ1v) is 7.71. The Balaban J connectivity index is 2.07. The van der Waals surface area contributed by atoms with E-state index in [2.05, 4.69) is 29.0 Å². The zero-order chi connectivity index (χ0) is 15.2. The standard InChI is InChI=1S/C16H27N3O2/c1-5-12(2)13-10-19(9-8-18-13)11-14-16(21-4)15(20-3)6-7-17-14/h6-7,12-13,18H,5,8-11H2,1-4H3. The van der Waals surface area contributed by atoms with Crippen LogP contribution in [0.1, 0.15) is 26.0 Å². The molecular weight excluding hydrogens is 266 g/mol. The smallest absolute Gasteiger partial charge is 0.183 e. The molecule has 1 aliphatic rings. The number of hydrogen-bond donors (Lipinski definition) is 1. The lowest BCUT2D eigenvalue weighted by molar-refractivity contribution is 0.159. The molecule has 0 aliphatic carbocycles. The van der Waals surface area contributed by atoms with Gasteiger partial charge in [-0.3, -0.25) is 9.88 Å². The second kappa shape index (κ2) is 7.61. The predicted octanol–water partition coefficient (Wildman–Crippen LogP) is 1.92. The van der Waals surface area contributed by atoms with Crippen molar-refractivity contribution in [2.24, 2.45) is 5.92 Å². The van der Waals surface area contributed by atoms with E-state index in [4.69, 9.17) is 9.47 Å². The third-order valence-electron chi connectivity index (χ3n) is 4.36. The summed E-state index contributed by atoms with van der Waals surface area (Å²) in [6.45, 7) is 8.48. The van der Waals surface area contributed by atoms with Crippen molar-refractivity contribution in [1.82, 2.24) is 15.2 Å². The van der Waals surface area contributed by atoms with Gasteiger partial charge >= 0.3 is 0 Å². The molecule has 0 aromatic carbocycles. The zero-order valence-corrected chi connectivity index (χ0v) is 13.6. The van der Waals surface area contributed by atoms with Gasteiger partial charge in [-0.2, -0.15) is 0 Å². The summed E-state index contributed by atoms with van der Waals surface area (Å²) in [5.74, 6) is 2.18. The molecule has 0 saturated carbocycles. The SMILES string of the molecule is CCC(C)C1CN(Cc2nccc(OC)c2OC)CCN1. The first kappa shape index (κ1) is 16.0. The maximum atomic E-state index is 5.47. The molecule has 1 aromatic heterocycles. The molecule has 21 heavy (non-hydrogen) atoms. The highest BCUT2D eigenvalue weighted by Crippen LogP contribution is 2.30. The Morgan fingerprint density at radius 2 is 2.24 bits per heavy atom. The fourth-order valence-electron chi connectivity index (χ4n) is 2.83. The monoisotopic (exact) mass is 293 g/mol. The van der Waals surface area contributed by atoms with Crippen LogP contribution < -0.4 is 14.8 Å². The van der Waals surface area contributed by atoms with Crippen LogP contribution in [0, 0.1) is 5.92 Å². The van der Waals surface area contributed by atoms with Crippen LogP contribution in [-0.4, -0.2) is 49.8 Å². The van der Waals surface area contributed by atoms with Gasteiger partial charge in [0.05, 0.1) is 14.2 Å². The molecular formula is C16H27N3O2. The van der Waals surface area contributed by atoms with Crippen LogP contribution in [0.15, 0.2) is 12.3 Å². The number of pyridine rings is 1. The average Bonchev–Trinajstić information content (AvgIpc) is 2.54. The van der Waals surface area contributed by atoms with Crippen molar-refractivity contribution in [2.45, 2.75) is 32.9 Å². The van der Waals surface area contributed by atoms with Gasteiger partial charge in [0.15, 0.2) is 11.5 Å². The molecule has 0 radical (unpaired) electrons. The molecule has 2 unspecified atom stereocenters. The van der Waals surface area contributed by atoms with E-state index < -0.39 is 0 Å². The lowest BCUT2D eigenvalue weighted by Gasteiger charge is -2.36. The van der Waals surface area contributed by atoms with Crippen molar-refractivity contribution in [3.8, 4) is 11.5 Å². The molecule has 5 nitrogen and oxygen atoms in total. The number of rotatable bonds is 6. The van der Waals surface area contributed by atoms with Gasteiger partial charge in [-0.05, 0) is 5.92 Å². The summed E-state index contributed by atoms with van der Waals surface area (Å²) in [5.41, 5.74) is 0.946. The highest BCUT2D eigenvalue weighted by atomic mass is 16.5. The van der Waals surface area contributed by atoms with E-state index in [0.717, 1.165) is 43.4 Å². The van der Waals surface area contributed by atoms with Crippen molar-refractivity contribution in [1.29, 1.82) is 0 Å². The van der Waals surface area contributed by atoms with Crippen LogP contribution >= 0.6 is 0 Å². The average molecular weight is 293 g/mol. The lowest BCUT2D eigenvalue weighted by atomic mass is 9.97. The van der Waals surface area contributed by atoms with Gasteiger partial charge < -0.3 is 14.8 Å². The van der Waals surface area contributed by atoms with Crippen LogP contribution in [0.3, 0.4) is 0 Å². The summed E-state index contributed by atoms with van der Waals surface area (Å²) in [6, 6.07) is 2.39. The minimum atomic E-state index is 0.556. The van der Waals surface area contributed by atoms with E-state index in [0.29, 0.717) is 12.0 Å². The Hall–Kier alpha value is -1.33. The molecule has 0 amide bonds. The van der Waals surface area contributed by atoms with Gasteiger partial charge in [0, 0.05) is 44.5 Å². The third-order valence-corrected chi connectivity index (χ3v) is 4.36. The molecule has 1 saturated heterocycles. The highest BCUT2D eigenvalue weighted by molar-refractivity contribution is 5.42. The van der Waals surface area contributed by atoms with E-state index in [1.54, 1.807) is 20.4 Å². The number of piperazine rings is 1. The molecule has 5 heteroatoms. The first-order valence-electron chi connectivity index (χ1n) is 7.71. The molecule has 2 atom stereocenters. The van der Waals surface area contributed by atoms with Crippen molar-refractivity contribution in [3.05, 3.63) is 18.0 Å². The largest absolute Gasteiger partial charge is 0.493 e. The summed E-state index contributed by atoms with van der Waals surface area (Å²) in [6.07, 6.45) is 2.98. The van der Waals surface area contributed by atoms with Crippen LogP contribution in [0.4, 0.5) is 0 Å². The van der Waals surface area contributed by atoms with Crippen LogP contribution in [-0.2, 0) is 6.54 Å². The Kier molecular flexibility index (Phi) is 5.82. The number of ether oxygens (including phenoxy) is 2. The van der Waals surface area contributed by atoms with Gasteiger partial charge in [-0.25, -0.2) is 0 Å². The zero-order valence-electron chi connectivity index (χ0n) is 13.6. The van der Waals surface area contributed by atoms with Gasteiger partial charge in [0.2, 0.25) is 0 Å². The molecule has 1 aromatic rings. The van der Waals surface area contributed by atoms with Crippen molar-refractivity contribution in [2.75, 3.05) is 33.9 Å². The number of nitrogens with one attached hydrogen (secondary N) is 1. The fourth-order valence-corrected chi connectivity index (χ4v) is 2.83. The Labute approximate surface area is 127 Å². The molecule has 0 bridgehead atoms. The van der Waals surface area contributed by atoms with Crippen LogP contribution in [0.25, 0.3) is 0 Å². The maximum absolute atomic E-state index is 5.47. The van der Waals surface area contributed by atoms with E-state index in [1.807, 2.05) is 6.07 Å². The van der Waals surface area contributed by atoms with Crippen LogP contribution in [0.2, 0.25) is 0 Å². The highest BCUT2D eigenvalue weighted by Gasteiger charge is 2.24. The van der Waals surface area contributed by atoms with E-state index >= 15 is 0 Å². The molecule has 1 aliphatic heterocycles. The fraction of sp³-hybridized carbons (Fsp3) is 0.688. The molecule has 1 N–H and O–H groups in total.